The lowest BCUT2D eigenvalue weighted by Gasteiger charge is -2.10. The molecule has 25 heavy (non-hydrogen) atoms. The Morgan fingerprint density at radius 2 is 1.52 bits per heavy atom. The first kappa shape index (κ1) is 17.9. The van der Waals surface area contributed by atoms with Gasteiger partial charge in [0.1, 0.15) is 10.6 Å². The molecule has 2 aromatic carbocycles. The molecule has 6 nitrogen and oxygen atoms in total. The molecule has 134 valence electrons. The van der Waals surface area contributed by atoms with E-state index in [0.717, 1.165) is 30.0 Å². The van der Waals surface area contributed by atoms with Gasteiger partial charge in [0.05, 0.1) is 4.90 Å². The van der Waals surface area contributed by atoms with Crippen molar-refractivity contribution in [3.63, 3.8) is 0 Å². The van der Waals surface area contributed by atoms with Gasteiger partial charge in [-0.25, -0.2) is 13.1 Å². The highest BCUT2D eigenvalue weighted by Crippen LogP contribution is 2.25. The Morgan fingerprint density at radius 3 is 2.12 bits per heavy atom. The predicted octanol–water partition coefficient (Wildman–Crippen LogP) is 2.51. The van der Waals surface area contributed by atoms with Crippen LogP contribution in [0.1, 0.15) is 24.0 Å². The van der Waals surface area contributed by atoms with E-state index < -0.39 is 20.1 Å². The van der Waals surface area contributed by atoms with Crippen molar-refractivity contribution in [1.29, 1.82) is 0 Å². The maximum absolute atomic E-state index is 12.5. The van der Waals surface area contributed by atoms with Crippen LogP contribution in [0.2, 0.25) is 0 Å². The van der Waals surface area contributed by atoms with Crippen molar-refractivity contribution in [2.24, 2.45) is 0 Å². The lowest BCUT2D eigenvalue weighted by Crippen LogP contribution is -2.26. The molecule has 1 N–H and O–H groups in total. The maximum Gasteiger partial charge on any atom is 0.339 e. The van der Waals surface area contributed by atoms with E-state index in [1.807, 2.05) is 19.9 Å². The molecule has 1 fully saturated rings. The van der Waals surface area contributed by atoms with Gasteiger partial charge < -0.3 is 4.18 Å². The maximum atomic E-state index is 12.5. The molecule has 0 radical (unpaired) electrons. The average Bonchev–Trinajstić information content (AvgIpc) is 3.29. The molecule has 0 spiro atoms. The van der Waals surface area contributed by atoms with E-state index >= 15 is 0 Å². The fourth-order valence-corrected chi connectivity index (χ4v) is 4.83. The average molecular weight is 381 g/mol. The molecule has 0 amide bonds. The molecule has 8 heteroatoms. The third kappa shape index (κ3) is 4.39. The fraction of sp³-hybridized carbons (Fsp3) is 0.294. The van der Waals surface area contributed by atoms with Gasteiger partial charge in [-0.15, -0.1) is 0 Å². The molecule has 0 aromatic heterocycles. The van der Waals surface area contributed by atoms with E-state index in [1.165, 1.54) is 18.2 Å². The highest BCUT2D eigenvalue weighted by Gasteiger charge is 2.29. The van der Waals surface area contributed by atoms with Crippen LogP contribution >= 0.6 is 0 Å². The molecule has 0 bridgehead atoms. The van der Waals surface area contributed by atoms with Gasteiger partial charge in [-0.3, -0.25) is 0 Å². The smallest absolute Gasteiger partial charge is 0.339 e. The minimum Gasteiger partial charge on any atom is -0.379 e. The SMILES string of the molecule is Cc1cc(C)cc(OS(=O)(=O)c2cccc(S(=O)(=O)NC3CC3)c2)c1. The first-order valence-corrected chi connectivity index (χ1v) is 10.7. The molecule has 0 unspecified atom stereocenters. The first-order valence-electron chi connectivity index (χ1n) is 7.81. The van der Waals surface area contributed by atoms with Crippen LogP contribution in [-0.2, 0) is 20.1 Å². The Bertz CT molecular complexity index is 989. The summed E-state index contributed by atoms with van der Waals surface area (Å²) in [6, 6.07) is 10.2. The van der Waals surface area contributed by atoms with E-state index in [9.17, 15) is 16.8 Å². The molecule has 0 atom stereocenters. The summed E-state index contributed by atoms with van der Waals surface area (Å²) < 4.78 is 57.2. The predicted molar refractivity (Wildman–Crippen MR) is 93.5 cm³/mol. The molecule has 1 saturated carbocycles. The highest BCUT2D eigenvalue weighted by molar-refractivity contribution is 7.89. The highest BCUT2D eigenvalue weighted by atomic mass is 32.2. The van der Waals surface area contributed by atoms with Gasteiger partial charge in [0, 0.05) is 6.04 Å². The minimum absolute atomic E-state index is 0.0585. The van der Waals surface area contributed by atoms with E-state index in [1.54, 1.807) is 12.1 Å². The van der Waals surface area contributed by atoms with Gasteiger partial charge in [-0.1, -0.05) is 12.1 Å². The Kier molecular flexibility index (Phi) is 4.61. The van der Waals surface area contributed by atoms with Crippen molar-refractivity contribution in [1.82, 2.24) is 4.72 Å². The number of rotatable bonds is 6. The van der Waals surface area contributed by atoms with Crippen molar-refractivity contribution in [3.8, 4) is 5.75 Å². The minimum atomic E-state index is -4.13. The Hall–Kier alpha value is -1.90. The lowest BCUT2D eigenvalue weighted by atomic mass is 10.1. The molecular weight excluding hydrogens is 362 g/mol. The topological polar surface area (TPSA) is 89.5 Å². The monoisotopic (exact) mass is 381 g/mol. The molecule has 1 aliphatic rings. The van der Waals surface area contributed by atoms with E-state index in [4.69, 9.17) is 4.18 Å². The zero-order valence-corrected chi connectivity index (χ0v) is 15.5. The summed E-state index contributed by atoms with van der Waals surface area (Å²) in [7, 11) is -7.87. The number of sulfonamides is 1. The van der Waals surface area contributed by atoms with Crippen molar-refractivity contribution in [3.05, 3.63) is 53.6 Å². The quantitative estimate of drug-likeness (QED) is 0.777. The van der Waals surface area contributed by atoms with Crippen LogP contribution in [0.15, 0.2) is 52.3 Å². The normalized spacial score (nSPS) is 15.1. The standard InChI is InChI=1S/C17H19NO5S2/c1-12-8-13(2)10-15(9-12)23-25(21,22)17-5-3-4-16(11-17)24(19,20)18-14-6-7-14/h3-5,8-11,14,18H,6-7H2,1-2H3. The van der Waals surface area contributed by atoms with Crippen molar-refractivity contribution in [2.75, 3.05) is 0 Å². The van der Waals surface area contributed by atoms with Crippen LogP contribution in [0.25, 0.3) is 0 Å². The molecule has 3 rings (SSSR count). The fourth-order valence-electron chi connectivity index (χ4n) is 2.44. The third-order valence-corrected chi connectivity index (χ3v) is 6.47. The third-order valence-electron chi connectivity index (χ3n) is 3.70. The van der Waals surface area contributed by atoms with Gasteiger partial charge in [0.25, 0.3) is 0 Å². The molecule has 0 saturated heterocycles. The van der Waals surface area contributed by atoms with Crippen molar-refractivity contribution in [2.45, 2.75) is 42.5 Å². The second kappa shape index (κ2) is 6.44. The largest absolute Gasteiger partial charge is 0.379 e. The van der Waals surface area contributed by atoms with Gasteiger partial charge in [-0.2, -0.15) is 8.42 Å². The van der Waals surface area contributed by atoms with E-state index in [0.29, 0.717) is 0 Å². The zero-order valence-electron chi connectivity index (χ0n) is 13.9. The summed E-state index contributed by atoms with van der Waals surface area (Å²) in [6.07, 6.45) is 1.60. The Morgan fingerprint density at radius 1 is 0.920 bits per heavy atom. The Labute approximate surface area is 148 Å². The lowest BCUT2D eigenvalue weighted by molar-refractivity contribution is 0.485. The van der Waals surface area contributed by atoms with E-state index in [-0.39, 0.29) is 21.6 Å². The Balaban J connectivity index is 1.90. The molecular formula is C17H19NO5S2. The van der Waals surface area contributed by atoms with Crippen LogP contribution in [0.3, 0.4) is 0 Å². The van der Waals surface area contributed by atoms with Crippen LogP contribution in [0.5, 0.6) is 5.75 Å². The van der Waals surface area contributed by atoms with E-state index in [2.05, 4.69) is 4.72 Å². The van der Waals surface area contributed by atoms with Gasteiger partial charge >= 0.3 is 10.1 Å². The van der Waals surface area contributed by atoms with Crippen LogP contribution in [-0.4, -0.2) is 22.9 Å². The molecule has 0 heterocycles. The summed E-state index contributed by atoms with van der Waals surface area (Å²) in [5.41, 5.74) is 1.74. The summed E-state index contributed by atoms with van der Waals surface area (Å²) in [4.78, 5) is -0.296. The molecule has 2 aromatic rings. The number of nitrogens with one attached hydrogen (secondary N) is 1. The summed E-state index contributed by atoms with van der Waals surface area (Å²) in [6.45, 7) is 3.67. The van der Waals surface area contributed by atoms with Gasteiger partial charge in [-0.05, 0) is 68.1 Å². The van der Waals surface area contributed by atoms with Gasteiger partial charge in [0.2, 0.25) is 10.0 Å². The molecule has 1 aliphatic carbocycles. The number of hydrogen-bond donors (Lipinski definition) is 1. The van der Waals surface area contributed by atoms with Crippen LogP contribution in [0.4, 0.5) is 0 Å². The summed E-state index contributed by atoms with van der Waals surface area (Å²) in [5, 5.41) is 0. The second-order valence-electron chi connectivity index (χ2n) is 6.23. The number of benzene rings is 2. The first-order chi connectivity index (χ1) is 11.7. The van der Waals surface area contributed by atoms with Crippen molar-refractivity contribution < 1.29 is 21.0 Å². The van der Waals surface area contributed by atoms with Crippen LogP contribution < -0.4 is 8.91 Å². The van der Waals surface area contributed by atoms with Gasteiger partial charge in [0.15, 0.2) is 0 Å². The summed E-state index contributed by atoms with van der Waals surface area (Å²) >= 11 is 0. The van der Waals surface area contributed by atoms with Crippen molar-refractivity contribution >= 4 is 20.1 Å². The van der Waals surface area contributed by atoms with Crippen LogP contribution in [0, 0.1) is 13.8 Å². The zero-order chi connectivity index (χ0) is 18.2. The number of aryl methyl sites for hydroxylation is 2. The second-order valence-corrected chi connectivity index (χ2v) is 9.49. The number of hydrogen-bond acceptors (Lipinski definition) is 5. The summed E-state index contributed by atoms with van der Waals surface area (Å²) in [5.74, 6) is 0.196. The molecule has 0 aliphatic heterocycles.